The number of halogens is 3. The highest BCUT2D eigenvalue weighted by Crippen LogP contribution is 2.28. The fraction of sp³-hybridized carbons (Fsp3) is 0.200. The minimum Gasteiger partial charge on any atom is -0.368 e. The van der Waals surface area contributed by atoms with Crippen molar-refractivity contribution in [1.82, 2.24) is 0 Å². The van der Waals surface area contributed by atoms with E-state index in [4.69, 9.17) is 16.3 Å². The summed E-state index contributed by atoms with van der Waals surface area (Å²) in [7, 11) is 0. The van der Waals surface area contributed by atoms with E-state index in [1.54, 1.807) is 0 Å². The van der Waals surface area contributed by atoms with Crippen LogP contribution < -0.4 is 0 Å². The molecule has 1 atom stereocenters. The Kier molecular flexibility index (Phi) is 6.13. The van der Waals surface area contributed by atoms with Crippen molar-refractivity contribution in [3.8, 4) is 0 Å². The van der Waals surface area contributed by atoms with Gasteiger partial charge >= 0.3 is 0 Å². The van der Waals surface area contributed by atoms with Gasteiger partial charge in [0.25, 0.3) is 0 Å². The van der Waals surface area contributed by atoms with Gasteiger partial charge in [-0.15, -0.1) is 0 Å². The molecule has 1 nitrogen and oxygen atoms in total. The van der Waals surface area contributed by atoms with Gasteiger partial charge in [0.05, 0.1) is 12.7 Å². The summed E-state index contributed by atoms with van der Waals surface area (Å²) in [6, 6.07) is 15.9. The summed E-state index contributed by atoms with van der Waals surface area (Å²) < 4.78 is 7.99. The molecule has 0 aliphatic rings. The summed E-state index contributed by atoms with van der Waals surface area (Å²) in [4.78, 5) is 0. The molecule has 100 valence electrons. The Hall–Kier alpha value is -0.100. The first-order chi connectivity index (χ1) is 9.20. The second kappa shape index (κ2) is 7.62. The number of hydrogen-bond donors (Lipinski definition) is 0. The molecule has 0 radical (unpaired) electrons. The number of benzene rings is 2. The minimum absolute atomic E-state index is 0.0788. The Labute approximate surface area is 140 Å². The Bertz CT molecular complexity index is 547. The molecule has 0 N–H and O–H groups in total. The van der Waals surface area contributed by atoms with Gasteiger partial charge in [0.2, 0.25) is 0 Å². The van der Waals surface area contributed by atoms with Crippen LogP contribution in [-0.4, -0.2) is 4.43 Å². The van der Waals surface area contributed by atoms with Gasteiger partial charge in [0.1, 0.15) is 0 Å². The quantitative estimate of drug-likeness (QED) is 0.413. The fourth-order valence-corrected chi connectivity index (χ4v) is 3.26. The molecule has 2 aromatic carbocycles. The fourth-order valence-electron chi connectivity index (χ4n) is 1.78. The molecule has 0 spiro atoms. The number of ether oxygens (including phenoxy) is 1. The third-order valence-corrected chi connectivity index (χ3v) is 4.49. The SMILES string of the molecule is Clc1cccc(COC(CI)c2ccccc2Br)c1. The van der Waals surface area contributed by atoms with Gasteiger partial charge < -0.3 is 4.74 Å². The Morgan fingerprint density at radius 2 is 1.95 bits per heavy atom. The smallest absolute Gasteiger partial charge is 0.0929 e. The monoisotopic (exact) mass is 450 g/mol. The molecule has 0 aliphatic carbocycles. The van der Waals surface area contributed by atoms with Crippen LogP contribution in [0.2, 0.25) is 5.02 Å². The van der Waals surface area contributed by atoms with Gasteiger partial charge in [-0.25, -0.2) is 0 Å². The molecule has 1 unspecified atom stereocenters. The lowest BCUT2D eigenvalue weighted by molar-refractivity contribution is 0.0573. The van der Waals surface area contributed by atoms with Gasteiger partial charge in [-0.05, 0) is 29.3 Å². The first-order valence-electron chi connectivity index (χ1n) is 5.87. The van der Waals surface area contributed by atoms with E-state index in [1.165, 1.54) is 5.56 Å². The molecule has 0 aromatic heterocycles. The van der Waals surface area contributed by atoms with Crippen LogP contribution in [0.1, 0.15) is 17.2 Å². The maximum Gasteiger partial charge on any atom is 0.0929 e. The van der Waals surface area contributed by atoms with E-state index in [1.807, 2.05) is 42.5 Å². The second-order valence-electron chi connectivity index (χ2n) is 4.11. The van der Waals surface area contributed by atoms with Crippen molar-refractivity contribution >= 4 is 50.1 Å². The molecule has 0 fully saturated rings. The molecule has 0 saturated heterocycles. The van der Waals surface area contributed by atoms with Crippen molar-refractivity contribution in [2.75, 3.05) is 4.43 Å². The van der Waals surface area contributed by atoms with Gasteiger partial charge in [-0.3, -0.25) is 0 Å². The third kappa shape index (κ3) is 4.45. The predicted molar refractivity (Wildman–Crippen MR) is 92.0 cm³/mol. The lowest BCUT2D eigenvalue weighted by atomic mass is 10.1. The summed E-state index contributed by atoms with van der Waals surface area (Å²) in [6.45, 7) is 0.565. The van der Waals surface area contributed by atoms with E-state index in [2.05, 4.69) is 44.6 Å². The van der Waals surface area contributed by atoms with Gasteiger partial charge in [-0.2, -0.15) is 0 Å². The van der Waals surface area contributed by atoms with Crippen LogP contribution in [0, 0.1) is 0 Å². The molecule has 2 aromatic rings. The normalized spacial score (nSPS) is 12.4. The Balaban J connectivity index is 2.06. The van der Waals surface area contributed by atoms with Crippen molar-refractivity contribution in [1.29, 1.82) is 0 Å². The van der Waals surface area contributed by atoms with E-state index in [0.29, 0.717) is 6.61 Å². The topological polar surface area (TPSA) is 9.23 Å². The second-order valence-corrected chi connectivity index (χ2v) is 6.28. The average Bonchev–Trinajstić information content (AvgIpc) is 2.41. The van der Waals surface area contributed by atoms with Crippen molar-refractivity contribution < 1.29 is 4.74 Å². The van der Waals surface area contributed by atoms with Gasteiger partial charge in [0.15, 0.2) is 0 Å². The highest BCUT2D eigenvalue weighted by Gasteiger charge is 2.13. The zero-order chi connectivity index (χ0) is 13.7. The number of rotatable bonds is 5. The molecule has 2 rings (SSSR count). The van der Waals surface area contributed by atoms with E-state index in [-0.39, 0.29) is 6.10 Å². The molecule has 4 heteroatoms. The standard InChI is InChI=1S/C15H13BrClIO/c16-14-7-2-1-6-13(14)15(9-18)19-10-11-4-3-5-12(17)8-11/h1-8,15H,9-10H2. The van der Waals surface area contributed by atoms with Crippen molar-refractivity contribution in [3.63, 3.8) is 0 Å². The van der Waals surface area contributed by atoms with Crippen LogP contribution in [0.15, 0.2) is 53.0 Å². The highest BCUT2D eigenvalue weighted by atomic mass is 127. The summed E-state index contributed by atoms with van der Waals surface area (Å²) in [5.41, 5.74) is 2.27. The van der Waals surface area contributed by atoms with Crippen LogP contribution in [0.5, 0.6) is 0 Å². The van der Waals surface area contributed by atoms with Crippen LogP contribution in [0.3, 0.4) is 0 Å². The maximum atomic E-state index is 6.00. The predicted octanol–water partition coefficient (Wildman–Crippen LogP) is 5.80. The van der Waals surface area contributed by atoms with E-state index in [0.717, 1.165) is 19.5 Å². The van der Waals surface area contributed by atoms with Crippen LogP contribution in [0.4, 0.5) is 0 Å². The third-order valence-electron chi connectivity index (χ3n) is 2.73. The first-order valence-corrected chi connectivity index (χ1v) is 8.57. The minimum atomic E-state index is 0.0788. The molecule has 0 heterocycles. The molecule has 0 bridgehead atoms. The summed E-state index contributed by atoms with van der Waals surface area (Å²) >= 11 is 11.9. The zero-order valence-electron chi connectivity index (χ0n) is 10.2. The molecule has 0 amide bonds. The van der Waals surface area contributed by atoms with Crippen LogP contribution in [0.25, 0.3) is 0 Å². The Morgan fingerprint density at radius 1 is 1.16 bits per heavy atom. The van der Waals surface area contributed by atoms with E-state index >= 15 is 0 Å². The van der Waals surface area contributed by atoms with E-state index in [9.17, 15) is 0 Å². The summed E-state index contributed by atoms with van der Waals surface area (Å²) in [6.07, 6.45) is 0.0788. The lowest BCUT2D eigenvalue weighted by Gasteiger charge is -2.17. The van der Waals surface area contributed by atoms with Crippen LogP contribution >= 0.6 is 50.1 Å². The summed E-state index contributed by atoms with van der Waals surface area (Å²) in [5, 5.41) is 0.744. The molecular formula is C15H13BrClIO. The maximum absolute atomic E-state index is 6.00. The summed E-state index contributed by atoms with van der Waals surface area (Å²) in [5.74, 6) is 0. The first kappa shape index (κ1) is 15.3. The highest BCUT2D eigenvalue weighted by molar-refractivity contribution is 14.1. The lowest BCUT2D eigenvalue weighted by Crippen LogP contribution is -2.06. The molecule has 0 aliphatic heterocycles. The molecule has 19 heavy (non-hydrogen) atoms. The molecule has 0 saturated carbocycles. The average molecular weight is 452 g/mol. The zero-order valence-corrected chi connectivity index (χ0v) is 14.7. The van der Waals surface area contributed by atoms with Gasteiger partial charge in [0, 0.05) is 13.9 Å². The molecular weight excluding hydrogens is 438 g/mol. The number of hydrogen-bond acceptors (Lipinski definition) is 1. The number of alkyl halides is 1. The van der Waals surface area contributed by atoms with E-state index < -0.39 is 0 Å². The van der Waals surface area contributed by atoms with Crippen molar-refractivity contribution in [2.24, 2.45) is 0 Å². The van der Waals surface area contributed by atoms with Crippen molar-refractivity contribution in [3.05, 3.63) is 69.2 Å². The Morgan fingerprint density at radius 3 is 2.63 bits per heavy atom. The largest absolute Gasteiger partial charge is 0.368 e. The van der Waals surface area contributed by atoms with Crippen LogP contribution in [-0.2, 0) is 11.3 Å². The van der Waals surface area contributed by atoms with Gasteiger partial charge in [-0.1, -0.05) is 80.5 Å². The van der Waals surface area contributed by atoms with Crippen molar-refractivity contribution in [2.45, 2.75) is 12.7 Å².